The molecule has 2 nitrogen and oxygen atoms in total. The van der Waals surface area contributed by atoms with Crippen molar-refractivity contribution in [1.82, 2.24) is 4.90 Å². The predicted octanol–water partition coefficient (Wildman–Crippen LogP) is 3.84. The van der Waals surface area contributed by atoms with Crippen LogP contribution in [0.3, 0.4) is 0 Å². The highest BCUT2D eigenvalue weighted by atomic mass is 79.9. The summed E-state index contributed by atoms with van der Waals surface area (Å²) in [5.41, 5.74) is 0.609. The third kappa shape index (κ3) is 3.13. The first-order valence-electron chi connectivity index (χ1n) is 6.04. The monoisotopic (exact) mass is 353 g/mol. The molecule has 1 aliphatic rings. The van der Waals surface area contributed by atoms with Crippen molar-refractivity contribution in [3.8, 4) is 0 Å². The molecule has 20 heavy (non-hydrogen) atoms. The molecule has 1 saturated carbocycles. The van der Waals surface area contributed by atoms with Crippen molar-refractivity contribution in [2.75, 3.05) is 0 Å². The molecular formula is C13H12BrF4NO. The maximum Gasteiger partial charge on any atom is 0.383 e. The lowest BCUT2D eigenvalue weighted by molar-refractivity contribution is -0.181. The van der Waals surface area contributed by atoms with Gasteiger partial charge in [0.1, 0.15) is 0 Å². The Hall–Kier alpha value is -1.11. The first-order valence-corrected chi connectivity index (χ1v) is 6.83. The van der Waals surface area contributed by atoms with Crippen LogP contribution in [0.5, 0.6) is 0 Å². The van der Waals surface area contributed by atoms with E-state index in [2.05, 4.69) is 15.9 Å². The number of carbonyl (C=O) groups is 1. The number of rotatable bonds is 5. The molecule has 0 heterocycles. The second kappa shape index (κ2) is 5.71. The molecule has 1 aromatic rings. The zero-order valence-electron chi connectivity index (χ0n) is 10.3. The van der Waals surface area contributed by atoms with Crippen molar-refractivity contribution in [2.45, 2.75) is 37.8 Å². The summed E-state index contributed by atoms with van der Waals surface area (Å²) >= 11 is 3.25. The van der Waals surface area contributed by atoms with Crippen molar-refractivity contribution < 1.29 is 22.4 Å². The highest BCUT2D eigenvalue weighted by Crippen LogP contribution is 2.35. The fraction of sp³-hybridized carbons (Fsp3) is 0.462. The first kappa shape index (κ1) is 15.3. The maximum atomic E-state index is 13.2. The first-order chi connectivity index (χ1) is 9.34. The third-order valence-electron chi connectivity index (χ3n) is 3.11. The normalized spacial score (nSPS) is 15.5. The topological polar surface area (TPSA) is 20.3 Å². The number of amides is 1. The van der Waals surface area contributed by atoms with Gasteiger partial charge in [-0.1, -0.05) is 34.1 Å². The van der Waals surface area contributed by atoms with E-state index in [0.717, 1.165) is 4.90 Å². The molecular weight excluding hydrogens is 342 g/mol. The Kier molecular flexibility index (Phi) is 4.36. The van der Waals surface area contributed by atoms with E-state index in [4.69, 9.17) is 0 Å². The van der Waals surface area contributed by atoms with Gasteiger partial charge >= 0.3 is 12.3 Å². The van der Waals surface area contributed by atoms with Crippen LogP contribution in [-0.4, -0.2) is 29.2 Å². The summed E-state index contributed by atoms with van der Waals surface area (Å²) in [6, 6.07) is 6.42. The van der Waals surface area contributed by atoms with Gasteiger partial charge in [-0.25, -0.2) is 8.78 Å². The molecule has 0 bridgehead atoms. The molecule has 0 saturated heterocycles. The van der Waals surface area contributed by atoms with Crippen LogP contribution in [0.1, 0.15) is 18.4 Å². The van der Waals surface area contributed by atoms with Gasteiger partial charge in [-0.3, -0.25) is 4.79 Å². The summed E-state index contributed by atoms with van der Waals surface area (Å²) in [7, 11) is 0. The van der Waals surface area contributed by atoms with Crippen LogP contribution < -0.4 is 0 Å². The van der Waals surface area contributed by atoms with Crippen molar-refractivity contribution in [3.63, 3.8) is 0 Å². The molecule has 0 aromatic heterocycles. The lowest BCUT2D eigenvalue weighted by Crippen LogP contribution is -2.48. The van der Waals surface area contributed by atoms with Crippen LogP contribution >= 0.6 is 15.9 Å². The largest absolute Gasteiger partial charge is 0.383 e. The lowest BCUT2D eigenvalue weighted by atomic mass is 10.2. The number of carbonyl (C=O) groups excluding carboxylic acids is 1. The van der Waals surface area contributed by atoms with E-state index < -0.39 is 18.3 Å². The molecule has 1 fully saturated rings. The molecule has 1 aromatic carbocycles. The zero-order chi connectivity index (χ0) is 14.9. The molecule has 0 N–H and O–H groups in total. The minimum absolute atomic E-state index is 0.104. The average molecular weight is 354 g/mol. The van der Waals surface area contributed by atoms with E-state index >= 15 is 0 Å². The molecule has 2 rings (SSSR count). The zero-order valence-corrected chi connectivity index (χ0v) is 11.9. The van der Waals surface area contributed by atoms with Crippen LogP contribution in [0.4, 0.5) is 17.6 Å². The van der Waals surface area contributed by atoms with E-state index in [9.17, 15) is 22.4 Å². The fourth-order valence-corrected chi connectivity index (χ4v) is 2.26. The van der Waals surface area contributed by atoms with Gasteiger partial charge < -0.3 is 4.90 Å². The number of benzene rings is 1. The third-order valence-corrected chi connectivity index (χ3v) is 3.88. The number of hydrogen-bond acceptors (Lipinski definition) is 1. The van der Waals surface area contributed by atoms with Crippen molar-refractivity contribution in [1.29, 1.82) is 0 Å². The van der Waals surface area contributed by atoms with Gasteiger partial charge in [0.05, 0.1) is 0 Å². The van der Waals surface area contributed by atoms with Gasteiger partial charge in [-0.2, -0.15) is 8.78 Å². The van der Waals surface area contributed by atoms with Crippen LogP contribution in [0.2, 0.25) is 0 Å². The standard InChI is InChI=1S/C13H12BrF4NO/c14-10-4-2-1-3-8(10)7-19(9-5-6-9)12(20)13(17,18)11(15)16/h1-4,9,11H,5-7H2. The predicted molar refractivity (Wildman–Crippen MR) is 68.7 cm³/mol. The van der Waals surface area contributed by atoms with Crippen LogP contribution in [0.25, 0.3) is 0 Å². The Morgan fingerprint density at radius 1 is 1.35 bits per heavy atom. The van der Waals surface area contributed by atoms with Gasteiger partial charge in [0.2, 0.25) is 0 Å². The molecule has 1 amide bonds. The second-order valence-corrected chi connectivity index (χ2v) is 5.53. The van der Waals surface area contributed by atoms with Gasteiger partial charge in [-0.05, 0) is 24.5 Å². The van der Waals surface area contributed by atoms with Crippen LogP contribution in [0.15, 0.2) is 28.7 Å². The molecule has 0 atom stereocenters. The minimum Gasteiger partial charge on any atom is -0.330 e. The van der Waals surface area contributed by atoms with Gasteiger partial charge in [0.25, 0.3) is 5.91 Å². The molecule has 0 spiro atoms. The van der Waals surface area contributed by atoms with Gasteiger partial charge in [-0.15, -0.1) is 0 Å². The van der Waals surface area contributed by atoms with Crippen LogP contribution in [-0.2, 0) is 11.3 Å². The highest BCUT2D eigenvalue weighted by molar-refractivity contribution is 9.10. The van der Waals surface area contributed by atoms with E-state index in [1.54, 1.807) is 24.3 Å². The summed E-state index contributed by atoms with van der Waals surface area (Å²) in [5, 5.41) is 0. The van der Waals surface area contributed by atoms with Crippen LogP contribution in [0, 0.1) is 0 Å². The highest BCUT2D eigenvalue weighted by Gasteiger charge is 2.53. The van der Waals surface area contributed by atoms with Gasteiger partial charge in [0, 0.05) is 17.1 Å². The minimum atomic E-state index is -4.64. The summed E-state index contributed by atoms with van der Waals surface area (Å²) < 4.78 is 51.7. The number of halogens is 5. The molecule has 0 unspecified atom stereocenters. The molecule has 1 aliphatic carbocycles. The van der Waals surface area contributed by atoms with Crippen molar-refractivity contribution in [3.05, 3.63) is 34.3 Å². The Labute approximate surface area is 121 Å². The van der Waals surface area contributed by atoms with Crippen molar-refractivity contribution >= 4 is 21.8 Å². The Morgan fingerprint density at radius 3 is 2.45 bits per heavy atom. The molecule has 0 aliphatic heterocycles. The molecule has 110 valence electrons. The van der Waals surface area contributed by atoms with Crippen molar-refractivity contribution in [2.24, 2.45) is 0 Å². The summed E-state index contributed by atoms with van der Waals surface area (Å²) in [5.74, 6) is -6.44. The summed E-state index contributed by atoms with van der Waals surface area (Å²) in [6.45, 7) is -0.104. The number of nitrogens with zero attached hydrogens (tertiary/aromatic N) is 1. The van der Waals surface area contributed by atoms with E-state index in [0.29, 0.717) is 22.9 Å². The Bertz CT molecular complexity index is 505. The molecule has 0 radical (unpaired) electrons. The Balaban J connectivity index is 2.20. The number of alkyl halides is 4. The summed E-state index contributed by atoms with van der Waals surface area (Å²) in [6.07, 6.45) is -2.86. The maximum absolute atomic E-state index is 13.2. The van der Waals surface area contributed by atoms with E-state index in [1.165, 1.54) is 0 Å². The fourth-order valence-electron chi connectivity index (χ4n) is 1.85. The van der Waals surface area contributed by atoms with E-state index in [-0.39, 0.29) is 12.6 Å². The second-order valence-electron chi connectivity index (χ2n) is 4.68. The van der Waals surface area contributed by atoms with Gasteiger partial charge in [0.15, 0.2) is 0 Å². The SMILES string of the molecule is O=C(N(Cc1ccccc1Br)C1CC1)C(F)(F)C(F)F. The summed E-state index contributed by atoms with van der Waals surface area (Å²) in [4.78, 5) is 12.5. The number of hydrogen-bond donors (Lipinski definition) is 0. The lowest BCUT2D eigenvalue weighted by Gasteiger charge is -2.27. The average Bonchev–Trinajstić information content (AvgIpc) is 3.21. The molecule has 7 heteroatoms. The quantitative estimate of drug-likeness (QED) is 0.736. The van der Waals surface area contributed by atoms with E-state index in [1.807, 2.05) is 0 Å². The smallest absolute Gasteiger partial charge is 0.330 e. The Morgan fingerprint density at radius 2 is 1.95 bits per heavy atom.